The molecular formula is C21H17N3O3S. The molecule has 1 aliphatic heterocycles. The van der Waals surface area contributed by atoms with Crippen LogP contribution in [0, 0.1) is 13.8 Å². The predicted octanol–water partition coefficient (Wildman–Crippen LogP) is 3.81. The highest BCUT2D eigenvalue weighted by Crippen LogP contribution is 2.27. The molecule has 0 unspecified atom stereocenters. The average molecular weight is 391 g/mol. The van der Waals surface area contributed by atoms with E-state index in [1.54, 1.807) is 6.07 Å². The Bertz CT molecular complexity index is 1090. The normalized spacial score (nSPS) is 13.0. The first kappa shape index (κ1) is 18.1. The lowest BCUT2D eigenvalue weighted by atomic mass is 10.1. The molecule has 3 aromatic rings. The van der Waals surface area contributed by atoms with Gasteiger partial charge in [0.05, 0.1) is 23.4 Å². The number of benzene rings is 2. The summed E-state index contributed by atoms with van der Waals surface area (Å²) in [6.07, 6.45) is 0. The number of imide groups is 1. The van der Waals surface area contributed by atoms with Crippen molar-refractivity contribution in [2.24, 2.45) is 0 Å². The first-order valence-electron chi connectivity index (χ1n) is 8.73. The molecule has 0 radical (unpaired) electrons. The Morgan fingerprint density at radius 3 is 2.43 bits per heavy atom. The number of aryl methyl sites for hydroxylation is 2. The minimum Gasteiger partial charge on any atom is -0.298 e. The van der Waals surface area contributed by atoms with Crippen LogP contribution in [0.3, 0.4) is 0 Å². The summed E-state index contributed by atoms with van der Waals surface area (Å²) in [5, 5.41) is 3.25. The number of carbonyl (C=O) groups is 3. The van der Waals surface area contributed by atoms with E-state index in [0.29, 0.717) is 16.3 Å². The van der Waals surface area contributed by atoms with Crippen LogP contribution in [0.25, 0.3) is 0 Å². The number of nitrogens with one attached hydrogen (secondary N) is 1. The quantitative estimate of drug-likeness (QED) is 0.686. The van der Waals surface area contributed by atoms with Crippen molar-refractivity contribution in [3.8, 4) is 0 Å². The van der Waals surface area contributed by atoms with Gasteiger partial charge in [-0.1, -0.05) is 30.3 Å². The fraction of sp³-hybridized carbons (Fsp3) is 0.143. The van der Waals surface area contributed by atoms with Crippen molar-refractivity contribution in [3.05, 3.63) is 81.4 Å². The monoisotopic (exact) mass is 391 g/mol. The van der Waals surface area contributed by atoms with E-state index in [9.17, 15) is 14.4 Å². The molecule has 140 valence electrons. The minimum absolute atomic E-state index is 0.201. The fourth-order valence-corrected chi connectivity index (χ4v) is 3.85. The van der Waals surface area contributed by atoms with Gasteiger partial charge in [-0.05, 0) is 37.6 Å². The zero-order valence-electron chi connectivity index (χ0n) is 15.4. The van der Waals surface area contributed by atoms with E-state index in [4.69, 9.17) is 0 Å². The molecule has 0 atom stereocenters. The van der Waals surface area contributed by atoms with Crippen molar-refractivity contribution in [3.63, 3.8) is 0 Å². The SMILES string of the molecule is Cc1nc(NC(=O)c2ccc3c(c2)C(=O)N(Cc2ccccc2)C3=O)sc1C. The van der Waals surface area contributed by atoms with Gasteiger partial charge in [0.1, 0.15) is 0 Å². The molecule has 28 heavy (non-hydrogen) atoms. The summed E-state index contributed by atoms with van der Waals surface area (Å²) in [7, 11) is 0. The van der Waals surface area contributed by atoms with Crippen molar-refractivity contribution in [2.45, 2.75) is 20.4 Å². The molecule has 0 saturated carbocycles. The molecule has 1 N–H and O–H groups in total. The van der Waals surface area contributed by atoms with Gasteiger partial charge in [-0.3, -0.25) is 24.6 Å². The first-order valence-corrected chi connectivity index (χ1v) is 9.55. The van der Waals surface area contributed by atoms with E-state index in [1.807, 2.05) is 44.2 Å². The highest BCUT2D eigenvalue weighted by molar-refractivity contribution is 7.15. The van der Waals surface area contributed by atoms with Crippen molar-refractivity contribution >= 4 is 34.2 Å². The molecule has 6 nitrogen and oxygen atoms in total. The molecule has 0 bridgehead atoms. The predicted molar refractivity (Wildman–Crippen MR) is 107 cm³/mol. The summed E-state index contributed by atoms with van der Waals surface area (Å²) in [6, 6.07) is 13.9. The van der Waals surface area contributed by atoms with Gasteiger partial charge >= 0.3 is 0 Å². The molecule has 7 heteroatoms. The van der Waals surface area contributed by atoms with Crippen molar-refractivity contribution in [1.82, 2.24) is 9.88 Å². The number of amides is 3. The highest BCUT2D eigenvalue weighted by Gasteiger charge is 2.36. The second kappa shape index (κ2) is 7.01. The number of anilines is 1. The average Bonchev–Trinajstić information content (AvgIpc) is 3.13. The fourth-order valence-electron chi connectivity index (χ4n) is 3.04. The van der Waals surface area contributed by atoms with Gasteiger partial charge in [0.2, 0.25) is 0 Å². The van der Waals surface area contributed by atoms with E-state index in [0.717, 1.165) is 16.1 Å². The molecule has 0 aliphatic carbocycles. The number of fused-ring (bicyclic) bond motifs is 1. The zero-order valence-corrected chi connectivity index (χ0v) is 16.2. The number of carbonyl (C=O) groups excluding carboxylic acids is 3. The lowest BCUT2D eigenvalue weighted by molar-refractivity contribution is 0.0642. The summed E-state index contributed by atoms with van der Waals surface area (Å²) in [5.74, 6) is -1.10. The topological polar surface area (TPSA) is 79.4 Å². The van der Waals surface area contributed by atoms with Gasteiger partial charge in [0.15, 0.2) is 5.13 Å². The molecular weight excluding hydrogens is 374 g/mol. The van der Waals surface area contributed by atoms with E-state index in [-0.39, 0.29) is 29.8 Å². The standard InChI is InChI=1S/C21H17N3O3S/c1-12-13(2)28-21(22-12)23-18(25)15-8-9-16-17(10-15)20(27)24(19(16)26)11-14-6-4-3-5-7-14/h3-10H,11H2,1-2H3,(H,22,23,25). The number of rotatable bonds is 4. The van der Waals surface area contributed by atoms with E-state index in [2.05, 4.69) is 10.3 Å². The Balaban J connectivity index is 1.57. The number of aromatic nitrogens is 1. The Hall–Kier alpha value is -3.32. The van der Waals surface area contributed by atoms with Gasteiger partial charge < -0.3 is 0 Å². The molecule has 0 spiro atoms. The first-order chi connectivity index (χ1) is 13.4. The smallest absolute Gasteiger partial charge is 0.261 e. The third kappa shape index (κ3) is 3.20. The largest absolute Gasteiger partial charge is 0.298 e. The Morgan fingerprint density at radius 2 is 1.75 bits per heavy atom. The summed E-state index contributed by atoms with van der Waals surface area (Å²) in [5.41, 5.74) is 2.61. The third-order valence-corrected chi connectivity index (χ3v) is 5.65. The molecule has 2 heterocycles. The maximum Gasteiger partial charge on any atom is 0.261 e. The van der Waals surface area contributed by atoms with Gasteiger partial charge in [0, 0.05) is 10.4 Å². The highest BCUT2D eigenvalue weighted by atomic mass is 32.1. The summed E-state index contributed by atoms with van der Waals surface area (Å²) in [4.78, 5) is 44.4. The molecule has 0 fully saturated rings. The second-order valence-corrected chi connectivity index (χ2v) is 7.76. The second-order valence-electron chi connectivity index (χ2n) is 6.56. The molecule has 0 saturated heterocycles. The van der Waals surface area contributed by atoms with Gasteiger partial charge in [-0.2, -0.15) is 0 Å². The number of nitrogens with zero attached hydrogens (tertiary/aromatic N) is 2. The summed E-state index contributed by atoms with van der Waals surface area (Å²) in [6.45, 7) is 4.01. The van der Waals surface area contributed by atoms with Crippen LogP contribution in [-0.2, 0) is 6.54 Å². The van der Waals surface area contributed by atoms with Crippen molar-refractivity contribution < 1.29 is 14.4 Å². The molecule has 4 rings (SSSR count). The van der Waals surface area contributed by atoms with Crippen LogP contribution >= 0.6 is 11.3 Å². The van der Waals surface area contributed by atoms with Crippen molar-refractivity contribution in [2.75, 3.05) is 5.32 Å². The lowest BCUT2D eigenvalue weighted by Gasteiger charge is -2.13. The van der Waals surface area contributed by atoms with Gasteiger partial charge in [-0.15, -0.1) is 11.3 Å². The Kier molecular flexibility index (Phi) is 4.52. The van der Waals surface area contributed by atoms with E-state index >= 15 is 0 Å². The molecule has 2 aromatic carbocycles. The number of hydrogen-bond acceptors (Lipinski definition) is 5. The van der Waals surface area contributed by atoms with Crippen LogP contribution in [0.15, 0.2) is 48.5 Å². The molecule has 1 aliphatic rings. The molecule has 1 aromatic heterocycles. The van der Waals surface area contributed by atoms with E-state index in [1.165, 1.54) is 28.4 Å². The van der Waals surface area contributed by atoms with Crippen LogP contribution in [-0.4, -0.2) is 27.6 Å². The Labute approximate surface area is 165 Å². The van der Waals surface area contributed by atoms with E-state index < -0.39 is 0 Å². The minimum atomic E-state index is -0.389. The zero-order chi connectivity index (χ0) is 19.8. The van der Waals surface area contributed by atoms with Crippen molar-refractivity contribution in [1.29, 1.82) is 0 Å². The lowest BCUT2D eigenvalue weighted by Crippen LogP contribution is -2.29. The summed E-state index contributed by atoms with van der Waals surface area (Å²) < 4.78 is 0. The van der Waals surface area contributed by atoms with Crippen LogP contribution in [0.5, 0.6) is 0 Å². The molecule has 3 amide bonds. The van der Waals surface area contributed by atoms with Crippen LogP contribution in [0.2, 0.25) is 0 Å². The van der Waals surface area contributed by atoms with Gasteiger partial charge in [-0.25, -0.2) is 4.98 Å². The number of thiazole rings is 1. The third-order valence-electron chi connectivity index (χ3n) is 4.67. The number of hydrogen-bond donors (Lipinski definition) is 1. The maximum absolute atomic E-state index is 12.8. The van der Waals surface area contributed by atoms with Gasteiger partial charge in [0.25, 0.3) is 17.7 Å². The maximum atomic E-state index is 12.8. The van der Waals surface area contributed by atoms with Crippen LogP contribution in [0.4, 0.5) is 5.13 Å². The summed E-state index contributed by atoms with van der Waals surface area (Å²) >= 11 is 1.39. The van der Waals surface area contributed by atoms with Crippen LogP contribution in [0.1, 0.15) is 47.2 Å². The van der Waals surface area contributed by atoms with Crippen LogP contribution < -0.4 is 5.32 Å². The Morgan fingerprint density at radius 1 is 1.04 bits per heavy atom.